The molecule has 1 aromatic heterocycles. The second-order valence-corrected chi connectivity index (χ2v) is 3.40. The number of nitrogens with zero attached hydrogens (tertiary/aromatic N) is 1. The third-order valence-corrected chi connectivity index (χ3v) is 1.84. The van der Waals surface area contributed by atoms with E-state index < -0.39 is 0 Å². The first kappa shape index (κ1) is 8.97. The van der Waals surface area contributed by atoms with Crippen molar-refractivity contribution in [3.8, 4) is 0 Å². The molecule has 0 bridgehead atoms. The molecule has 1 rings (SSSR count). The lowest BCUT2D eigenvalue weighted by Gasteiger charge is -1.96. The van der Waals surface area contributed by atoms with Crippen LogP contribution in [0.1, 0.15) is 30.0 Å². The number of ketones is 1. The average molecular weight is 167 g/mol. The first-order valence-corrected chi connectivity index (χ1v) is 4.12. The van der Waals surface area contributed by atoms with Gasteiger partial charge in [-0.25, -0.2) is 0 Å². The van der Waals surface area contributed by atoms with Crippen LogP contribution in [-0.2, 0) is 7.05 Å². The zero-order valence-corrected chi connectivity index (χ0v) is 8.01. The number of hydrogen-bond donors (Lipinski definition) is 1. The number of aromatic amines is 1. The fourth-order valence-electron chi connectivity index (χ4n) is 1.19. The van der Waals surface area contributed by atoms with Crippen LogP contribution in [0, 0.1) is 12.8 Å². The van der Waals surface area contributed by atoms with Gasteiger partial charge in [0.2, 0.25) is 5.78 Å². The quantitative estimate of drug-likeness (QED) is 0.517. The van der Waals surface area contributed by atoms with Crippen molar-refractivity contribution in [3.05, 3.63) is 17.5 Å². The Balaban J connectivity index is 3.02. The SMILES string of the molecule is Cc1cc(C(=O)C(C)C)[n+](C)[nH]1. The minimum atomic E-state index is 0.0615. The Morgan fingerprint density at radius 3 is 2.50 bits per heavy atom. The predicted molar refractivity (Wildman–Crippen MR) is 45.9 cm³/mol. The molecule has 0 aliphatic rings. The summed E-state index contributed by atoms with van der Waals surface area (Å²) >= 11 is 0. The molecule has 66 valence electrons. The Morgan fingerprint density at radius 1 is 1.58 bits per heavy atom. The minimum Gasteiger partial charge on any atom is -0.287 e. The van der Waals surface area contributed by atoms with Gasteiger partial charge in [-0.05, 0) is 6.92 Å². The lowest BCUT2D eigenvalue weighted by atomic mass is 10.1. The smallest absolute Gasteiger partial charge is 0.274 e. The maximum Gasteiger partial charge on any atom is 0.274 e. The molecule has 0 saturated heterocycles. The molecular weight excluding hydrogens is 152 g/mol. The molecule has 0 spiro atoms. The van der Waals surface area contributed by atoms with Crippen LogP contribution in [0.3, 0.4) is 0 Å². The predicted octanol–water partition coefficient (Wildman–Crippen LogP) is 0.986. The van der Waals surface area contributed by atoms with E-state index in [0.29, 0.717) is 0 Å². The molecule has 0 amide bonds. The highest BCUT2D eigenvalue weighted by Gasteiger charge is 2.21. The third-order valence-electron chi connectivity index (χ3n) is 1.84. The summed E-state index contributed by atoms with van der Waals surface area (Å²) in [5, 5.41) is 3.04. The van der Waals surface area contributed by atoms with Gasteiger partial charge in [-0.15, -0.1) is 4.68 Å². The second-order valence-electron chi connectivity index (χ2n) is 3.40. The lowest BCUT2D eigenvalue weighted by Crippen LogP contribution is -2.37. The van der Waals surface area contributed by atoms with E-state index in [1.807, 2.05) is 33.9 Å². The molecule has 3 heteroatoms. The monoisotopic (exact) mass is 167 g/mol. The molecule has 0 aliphatic carbocycles. The van der Waals surface area contributed by atoms with Gasteiger partial charge in [0.05, 0.1) is 5.69 Å². The molecular formula is C9H15N2O+. The topological polar surface area (TPSA) is 36.7 Å². The summed E-state index contributed by atoms with van der Waals surface area (Å²) in [6.45, 7) is 5.76. The molecule has 1 heterocycles. The summed E-state index contributed by atoms with van der Waals surface area (Å²) < 4.78 is 1.76. The fourth-order valence-corrected chi connectivity index (χ4v) is 1.19. The summed E-state index contributed by atoms with van der Waals surface area (Å²) in [5.74, 6) is 0.244. The first-order valence-electron chi connectivity index (χ1n) is 4.12. The van der Waals surface area contributed by atoms with Gasteiger partial charge in [-0.2, -0.15) is 5.10 Å². The molecule has 0 atom stereocenters. The van der Waals surface area contributed by atoms with E-state index in [1.165, 1.54) is 0 Å². The molecule has 0 saturated carbocycles. The zero-order chi connectivity index (χ0) is 9.30. The van der Waals surface area contributed by atoms with Crippen molar-refractivity contribution in [2.24, 2.45) is 13.0 Å². The normalized spacial score (nSPS) is 10.8. The van der Waals surface area contributed by atoms with E-state index in [1.54, 1.807) is 4.68 Å². The summed E-state index contributed by atoms with van der Waals surface area (Å²) in [5.41, 5.74) is 1.77. The number of nitrogens with one attached hydrogen (secondary N) is 1. The Hall–Kier alpha value is -1.12. The van der Waals surface area contributed by atoms with Crippen LogP contribution < -0.4 is 4.68 Å². The number of hydrogen-bond acceptors (Lipinski definition) is 1. The molecule has 3 nitrogen and oxygen atoms in total. The molecule has 1 aromatic rings. The third kappa shape index (κ3) is 1.55. The Morgan fingerprint density at radius 2 is 2.17 bits per heavy atom. The lowest BCUT2D eigenvalue weighted by molar-refractivity contribution is -0.728. The Kier molecular flexibility index (Phi) is 2.31. The van der Waals surface area contributed by atoms with Crippen LogP contribution in [0.5, 0.6) is 0 Å². The van der Waals surface area contributed by atoms with Crippen molar-refractivity contribution in [3.63, 3.8) is 0 Å². The number of aromatic nitrogens is 2. The van der Waals surface area contributed by atoms with E-state index in [4.69, 9.17) is 0 Å². The molecule has 12 heavy (non-hydrogen) atoms. The number of aryl methyl sites for hydroxylation is 2. The molecule has 0 unspecified atom stereocenters. The van der Waals surface area contributed by atoms with E-state index in [0.717, 1.165) is 11.4 Å². The number of carbonyl (C=O) groups is 1. The van der Waals surface area contributed by atoms with Crippen molar-refractivity contribution < 1.29 is 9.48 Å². The van der Waals surface area contributed by atoms with Gasteiger partial charge in [-0.1, -0.05) is 13.8 Å². The highest BCUT2D eigenvalue weighted by molar-refractivity contribution is 5.94. The maximum absolute atomic E-state index is 11.5. The Bertz CT molecular complexity index is 299. The Labute approximate surface area is 72.4 Å². The highest BCUT2D eigenvalue weighted by atomic mass is 16.1. The van der Waals surface area contributed by atoms with E-state index >= 15 is 0 Å². The van der Waals surface area contributed by atoms with E-state index in [9.17, 15) is 4.79 Å². The van der Waals surface area contributed by atoms with Crippen molar-refractivity contribution in [1.82, 2.24) is 5.10 Å². The van der Waals surface area contributed by atoms with Crippen LogP contribution in [0.2, 0.25) is 0 Å². The van der Waals surface area contributed by atoms with Crippen LogP contribution in [0.4, 0.5) is 0 Å². The van der Waals surface area contributed by atoms with Gasteiger partial charge in [-0.3, -0.25) is 4.79 Å². The molecule has 0 radical (unpaired) electrons. The number of H-pyrrole nitrogens is 1. The number of rotatable bonds is 2. The maximum atomic E-state index is 11.5. The van der Waals surface area contributed by atoms with Gasteiger partial charge in [0.15, 0.2) is 7.05 Å². The molecule has 0 aliphatic heterocycles. The summed E-state index contributed by atoms with van der Waals surface area (Å²) in [7, 11) is 1.85. The van der Waals surface area contributed by atoms with E-state index in [2.05, 4.69) is 5.10 Å². The van der Waals surface area contributed by atoms with Crippen molar-refractivity contribution >= 4 is 5.78 Å². The summed E-state index contributed by atoms with van der Waals surface area (Å²) in [6.07, 6.45) is 0. The zero-order valence-electron chi connectivity index (χ0n) is 8.01. The minimum absolute atomic E-state index is 0.0615. The van der Waals surface area contributed by atoms with Gasteiger partial charge in [0.25, 0.3) is 5.69 Å². The van der Waals surface area contributed by atoms with Crippen molar-refractivity contribution in [2.45, 2.75) is 20.8 Å². The van der Waals surface area contributed by atoms with E-state index in [-0.39, 0.29) is 11.7 Å². The van der Waals surface area contributed by atoms with Crippen molar-refractivity contribution in [1.29, 1.82) is 0 Å². The average Bonchev–Trinajstić information content (AvgIpc) is 2.28. The van der Waals surface area contributed by atoms with Crippen LogP contribution in [0.15, 0.2) is 6.07 Å². The van der Waals surface area contributed by atoms with Gasteiger partial charge >= 0.3 is 0 Å². The van der Waals surface area contributed by atoms with Gasteiger partial charge in [0, 0.05) is 12.0 Å². The number of carbonyl (C=O) groups excluding carboxylic acids is 1. The molecule has 0 aromatic carbocycles. The molecule has 1 N–H and O–H groups in total. The van der Waals surface area contributed by atoms with Crippen molar-refractivity contribution in [2.75, 3.05) is 0 Å². The van der Waals surface area contributed by atoms with Crippen LogP contribution in [-0.4, -0.2) is 10.9 Å². The highest BCUT2D eigenvalue weighted by Crippen LogP contribution is 2.04. The van der Waals surface area contributed by atoms with Crippen LogP contribution in [0.25, 0.3) is 0 Å². The summed E-state index contributed by atoms with van der Waals surface area (Å²) in [6, 6.07) is 1.88. The number of Topliss-reactive ketones (excluding diaryl/α,β-unsaturated/α-hetero) is 1. The largest absolute Gasteiger partial charge is 0.287 e. The second kappa shape index (κ2) is 3.09. The summed E-state index contributed by atoms with van der Waals surface area (Å²) in [4.78, 5) is 11.5. The fraction of sp³-hybridized carbons (Fsp3) is 0.556. The first-order chi connectivity index (χ1) is 5.52. The van der Waals surface area contributed by atoms with Gasteiger partial charge in [0.1, 0.15) is 0 Å². The van der Waals surface area contributed by atoms with Crippen LogP contribution >= 0.6 is 0 Å². The van der Waals surface area contributed by atoms with Gasteiger partial charge < -0.3 is 0 Å². The standard InChI is InChI=1S/C9H14N2O/c1-6(2)9(12)8-5-7(3)10-11(8)4/h5-6H,1-4H3/p+1. The molecule has 0 fully saturated rings.